The number of nitrogens with zero attached hydrogens (tertiary/aromatic N) is 2. The van der Waals surface area contributed by atoms with Crippen molar-refractivity contribution in [3.8, 4) is 0 Å². The highest BCUT2D eigenvalue weighted by Gasteiger charge is 2.32. The average Bonchev–Trinajstić information content (AvgIpc) is 3.21. The molecule has 1 aromatic heterocycles. The quantitative estimate of drug-likeness (QED) is 0.736. The van der Waals surface area contributed by atoms with Gasteiger partial charge in [-0.2, -0.15) is 0 Å². The lowest BCUT2D eigenvalue weighted by atomic mass is 10.0. The topological polar surface area (TPSA) is 48.4 Å². The van der Waals surface area contributed by atoms with E-state index >= 15 is 0 Å². The molecule has 4 heteroatoms. The second-order valence-corrected chi connectivity index (χ2v) is 5.95. The monoisotopic (exact) mass is 263 g/mol. The van der Waals surface area contributed by atoms with Crippen molar-refractivity contribution in [1.29, 1.82) is 0 Å². The maximum Gasteiger partial charge on any atom is 0.0623 e. The number of pyridine rings is 1. The van der Waals surface area contributed by atoms with E-state index in [-0.39, 0.29) is 12.1 Å². The number of aliphatic hydroxyl groups is 1. The van der Waals surface area contributed by atoms with E-state index in [1.165, 1.54) is 12.8 Å². The maximum atomic E-state index is 9.59. The van der Waals surface area contributed by atoms with Gasteiger partial charge in [0.2, 0.25) is 0 Å². The van der Waals surface area contributed by atoms with E-state index in [2.05, 4.69) is 35.2 Å². The van der Waals surface area contributed by atoms with E-state index in [1.54, 1.807) is 0 Å². The van der Waals surface area contributed by atoms with E-state index < -0.39 is 0 Å². The molecule has 1 unspecified atom stereocenters. The average molecular weight is 263 g/mol. The normalized spacial score (nSPS) is 18.5. The molecule has 1 atom stereocenters. The minimum atomic E-state index is -0.194. The van der Waals surface area contributed by atoms with Crippen LogP contribution in [0.1, 0.15) is 25.5 Å². The zero-order valence-corrected chi connectivity index (χ0v) is 12.0. The third-order valence-electron chi connectivity index (χ3n) is 3.57. The highest BCUT2D eigenvalue weighted by molar-refractivity contribution is 5.04. The standard InChI is InChI=1S/C15H25N3O/c1-15(12-19,17-14-6-7-14)11-18(2)10-8-13-5-3-4-9-16-13/h3-5,9,14,17,19H,6-8,10-12H2,1-2H3. The molecule has 19 heavy (non-hydrogen) atoms. The molecule has 1 heterocycles. The predicted molar refractivity (Wildman–Crippen MR) is 77.1 cm³/mol. The van der Waals surface area contributed by atoms with Crippen LogP contribution >= 0.6 is 0 Å². The Morgan fingerprint density at radius 1 is 1.47 bits per heavy atom. The Kier molecular flexibility index (Phi) is 4.91. The Labute approximate surface area is 115 Å². The molecule has 1 fully saturated rings. The van der Waals surface area contributed by atoms with Crippen molar-refractivity contribution in [2.45, 2.75) is 37.8 Å². The first-order valence-electron chi connectivity index (χ1n) is 7.08. The van der Waals surface area contributed by atoms with Crippen LogP contribution in [0.25, 0.3) is 0 Å². The third-order valence-corrected chi connectivity index (χ3v) is 3.57. The summed E-state index contributed by atoms with van der Waals surface area (Å²) in [6.45, 7) is 4.09. The molecule has 4 nitrogen and oxygen atoms in total. The number of rotatable bonds is 8. The van der Waals surface area contributed by atoms with Gasteiger partial charge in [-0.05, 0) is 38.9 Å². The lowest BCUT2D eigenvalue weighted by Crippen LogP contribution is -2.54. The minimum absolute atomic E-state index is 0.178. The van der Waals surface area contributed by atoms with Gasteiger partial charge in [0.25, 0.3) is 0 Å². The molecule has 0 bridgehead atoms. The van der Waals surface area contributed by atoms with Crippen molar-refractivity contribution >= 4 is 0 Å². The number of nitrogens with one attached hydrogen (secondary N) is 1. The molecule has 0 saturated heterocycles. The van der Waals surface area contributed by atoms with Crippen LogP contribution in [0.4, 0.5) is 0 Å². The number of hydrogen-bond donors (Lipinski definition) is 2. The predicted octanol–water partition coefficient (Wildman–Crippen LogP) is 1.06. The number of aromatic nitrogens is 1. The van der Waals surface area contributed by atoms with Crippen LogP contribution in [-0.4, -0.2) is 53.3 Å². The van der Waals surface area contributed by atoms with Crippen LogP contribution in [0.15, 0.2) is 24.4 Å². The second kappa shape index (κ2) is 6.46. The Hall–Kier alpha value is -0.970. The van der Waals surface area contributed by atoms with Gasteiger partial charge >= 0.3 is 0 Å². The van der Waals surface area contributed by atoms with Crippen molar-refractivity contribution in [1.82, 2.24) is 15.2 Å². The summed E-state index contributed by atoms with van der Waals surface area (Å²) < 4.78 is 0. The molecular weight excluding hydrogens is 238 g/mol. The van der Waals surface area contributed by atoms with Gasteiger partial charge in [0.1, 0.15) is 0 Å². The maximum absolute atomic E-state index is 9.59. The summed E-state index contributed by atoms with van der Waals surface area (Å²) in [5, 5.41) is 13.1. The first kappa shape index (κ1) is 14.4. The molecule has 0 aromatic carbocycles. The van der Waals surface area contributed by atoms with Gasteiger partial charge < -0.3 is 15.3 Å². The summed E-state index contributed by atoms with van der Waals surface area (Å²) in [5.74, 6) is 0. The summed E-state index contributed by atoms with van der Waals surface area (Å²) in [6, 6.07) is 6.63. The minimum Gasteiger partial charge on any atom is -0.394 e. The molecule has 0 spiro atoms. The van der Waals surface area contributed by atoms with Gasteiger partial charge in [0.05, 0.1) is 12.1 Å². The molecule has 0 amide bonds. The van der Waals surface area contributed by atoms with Gasteiger partial charge in [-0.15, -0.1) is 0 Å². The summed E-state index contributed by atoms with van der Waals surface area (Å²) >= 11 is 0. The first-order valence-corrected chi connectivity index (χ1v) is 7.08. The Bertz CT molecular complexity index is 380. The van der Waals surface area contributed by atoms with Crippen molar-refractivity contribution in [3.63, 3.8) is 0 Å². The van der Waals surface area contributed by atoms with Crippen molar-refractivity contribution in [2.75, 3.05) is 26.7 Å². The molecule has 1 saturated carbocycles. The fourth-order valence-corrected chi connectivity index (χ4v) is 2.39. The van der Waals surface area contributed by atoms with E-state index in [4.69, 9.17) is 0 Å². The zero-order valence-electron chi connectivity index (χ0n) is 12.0. The fraction of sp³-hybridized carbons (Fsp3) is 0.667. The Balaban J connectivity index is 1.77. The van der Waals surface area contributed by atoms with Crippen LogP contribution in [-0.2, 0) is 6.42 Å². The van der Waals surface area contributed by atoms with Crippen molar-refractivity contribution in [2.24, 2.45) is 0 Å². The summed E-state index contributed by atoms with van der Waals surface area (Å²) in [4.78, 5) is 6.60. The highest BCUT2D eigenvalue weighted by Crippen LogP contribution is 2.22. The number of likely N-dealkylation sites (N-methyl/N-ethyl adjacent to an activating group) is 1. The lowest BCUT2D eigenvalue weighted by Gasteiger charge is -2.33. The fourth-order valence-electron chi connectivity index (χ4n) is 2.39. The molecule has 0 radical (unpaired) electrons. The lowest BCUT2D eigenvalue weighted by molar-refractivity contribution is 0.131. The van der Waals surface area contributed by atoms with Crippen LogP contribution < -0.4 is 5.32 Å². The van der Waals surface area contributed by atoms with Crippen LogP contribution in [0.2, 0.25) is 0 Å². The largest absolute Gasteiger partial charge is 0.394 e. The van der Waals surface area contributed by atoms with Crippen LogP contribution in [0.5, 0.6) is 0 Å². The van der Waals surface area contributed by atoms with Crippen molar-refractivity contribution < 1.29 is 5.11 Å². The van der Waals surface area contributed by atoms with Gasteiger partial charge in [-0.25, -0.2) is 0 Å². The number of aliphatic hydroxyl groups excluding tert-OH is 1. The molecule has 1 aliphatic carbocycles. The van der Waals surface area contributed by atoms with Gasteiger partial charge in [0, 0.05) is 37.4 Å². The smallest absolute Gasteiger partial charge is 0.0623 e. The Morgan fingerprint density at radius 2 is 2.26 bits per heavy atom. The molecule has 2 rings (SSSR count). The summed E-state index contributed by atoms with van der Waals surface area (Å²) in [5.41, 5.74) is 0.926. The molecule has 0 aliphatic heterocycles. The number of hydrogen-bond acceptors (Lipinski definition) is 4. The first-order chi connectivity index (χ1) is 9.11. The molecular formula is C15H25N3O. The van der Waals surface area contributed by atoms with Gasteiger partial charge in [-0.3, -0.25) is 4.98 Å². The SMILES string of the molecule is CN(CCc1ccccn1)CC(C)(CO)NC1CC1. The summed E-state index contributed by atoms with van der Waals surface area (Å²) in [6.07, 6.45) is 5.27. The van der Waals surface area contributed by atoms with Crippen molar-refractivity contribution in [3.05, 3.63) is 30.1 Å². The van der Waals surface area contributed by atoms with Gasteiger partial charge in [0.15, 0.2) is 0 Å². The van der Waals surface area contributed by atoms with E-state index in [0.29, 0.717) is 6.04 Å². The van der Waals surface area contributed by atoms with Crippen LogP contribution in [0, 0.1) is 0 Å². The molecule has 106 valence electrons. The summed E-state index contributed by atoms with van der Waals surface area (Å²) in [7, 11) is 2.10. The van der Waals surface area contributed by atoms with Crippen LogP contribution in [0.3, 0.4) is 0 Å². The van der Waals surface area contributed by atoms with E-state index in [0.717, 1.165) is 25.2 Å². The zero-order chi connectivity index (χ0) is 13.7. The van der Waals surface area contributed by atoms with E-state index in [9.17, 15) is 5.11 Å². The molecule has 2 N–H and O–H groups in total. The highest BCUT2D eigenvalue weighted by atomic mass is 16.3. The molecule has 1 aliphatic rings. The van der Waals surface area contributed by atoms with Gasteiger partial charge in [-0.1, -0.05) is 6.07 Å². The second-order valence-electron chi connectivity index (χ2n) is 5.95. The third kappa shape index (κ3) is 4.90. The van der Waals surface area contributed by atoms with E-state index in [1.807, 2.05) is 18.3 Å². The molecule has 1 aromatic rings. The Morgan fingerprint density at radius 3 is 2.84 bits per heavy atom.